The molecule has 74 valence electrons. The molecule has 13 heavy (non-hydrogen) atoms. The Balaban J connectivity index is 4.16. The molecule has 0 atom stereocenters. The Hall–Kier alpha value is -1.01. The van der Waals surface area contributed by atoms with Crippen LogP contribution in [0.25, 0.3) is 0 Å². The second kappa shape index (κ2) is 4.88. The van der Waals surface area contributed by atoms with Gasteiger partial charge in [-0.2, -0.15) is 5.26 Å². The second-order valence-corrected chi connectivity index (χ2v) is 4.23. The number of hydrogen-bond acceptors (Lipinski definition) is 3. The van der Waals surface area contributed by atoms with Gasteiger partial charge >= 0.3 is 0 Å². The smallest absolute Gasteiger partial charge is 0.0930 e. The monoisotopic (exact) mass is 181 g/mol. The molecule has 0 fully saturated rings. The van der Waals surface area contributed by atoms with Gasteiger partial charge in [0.15, 0.2) is 0 Å². The van der Waals surface area contributed by atoms with Gasteiger partial charge in [-0.25, -0.2) is 0 Å². The third-order valence-corrected chi connectivity index (χ3v) is 1.59. The number of allylic oxidation sites excluding steroid dienone is 2. The highest BCUT2D eigenvalue weighted by Crippen LogP contribution is 2.06. The van der Waals surface area contributed by atoms with Crippen molar-refractivity contribution in [2.24, 2.45) is 11.7 Å². The highest BCUT2D eigenvalue weighted by molar-refractivity contribution is 5.14. The number of hydrogen-bond donors (Lipinski definition) is 2. The zero-order valence-electron chi connectivity index (χ0n) is 8.89. The van der Waals surface area contributed by atoms with E-state index in [0.717, 1.165) is 5.70 Å². The minimum absolute atomic E-state index is 0.247. The molecule has 0 aliphatic heterocycles. The van der Waals surface area contributed by atoms with Gasteiger partial charge < -0.3 is 11.1 Å². The molecule has 0 aliphatic carbocycles. The lowest BCUT2D eigenvalue weighted by Crippen LogP contribution is -2.43. The van der Waals surface area contributed by atoms with Crippen LogP contribution in [0.4, 0.5) is 0 Å². The van der Waals surface area contributed by atoms with Gasteiger partial charge in [0.1, 0.15) is 0 Å². The third kappa shape index (κ3) is 6.18. The fourth-order valence-electron chi connectivity index (χ4n) is 0.821. The number of rotatable bonds is 4. The van der Waals surface area contributed by atoms with E-state index in [4.69, 9.17) is 11.0 Å². The SMILES string of the molecule is CC(C)/C(=C/C#N)NCC(C)(C)N. The first-order valence-electron chi connectivity index (χ1n) is 4.49. The molecule has 0 aliphatic rings. The molecular weight excluding hydrogens is 162 g/mol. The van der Waals surface area contributed by atoms with E-state index in [1.54, 1.807) is 0 Å². The number of nitrogens with one attached hydrogen (secondary N) is 1. The van der Waals surface area contributed by atoms with Crippen LogP contribution in [0.2, 0.25) is 0 Å². The van der Waals surface area contributed by atoms with E-state index in [9.17, 15) is 0 Å². The van der Waals surface area contributed by atoms with Crippen LogP contribution < -0.4 is 11.1 Å². The molecule has 0 aromatic rings. The largest absolute Gasteiger partial charge is 0.386 e. The molecule has 0 amide bonds. The predicted molar refractivity (Wildman–Crippen MR) is 54.8 cm³/mol. The van der Waals surface area contributed by atoms with E-state index in [1.807, 2.05) is 33.8 Å². The van der Waals surface area contributed by atoms with Crippen LogP contribution in [0.3, 0.4) is 0 Å². The fourth-order valence-corrected chi connectivity index (χ4v) is 0.821. The lowest BCUT2D eigenvalue weighted by Gasteiger charge is -2.22. The van der Waals surface area contributed by atoms with Crippen molar-refractivity contribution in [3.05, 3.63) is 11.8 Å². The van der Waals surface area contributed by atoms with Crippen molar-refractivity contribution in [2.45, 2.75) is 33.2 Å². The fraction of sp³-hybridized carbons (Fsp3) is 0.700. The Bertz CT molecular complexity index is 215. The summed E-state index contributed by atoms with van der Waals surface area (Å²) in [6, 6.07) is 2.02. The van der Waals surface area contributed by atoms with Crippen molar-refractivity contribution in [3.8, 4) is 6.07 Å². The highest BCUT2D eigenvalue weighted by atomic mass is 14.9. The van der Waals surface area contributed by atoms with Crippen molar-refractivity contribution in [2.75, 3.05) is 6.54 Å². The topological polar surface area (TPSA) is 61.8 Å². The summed E-state index contributed by atoms with van der Waals surface area (Å²) in [6.45, 7) is 8.66. The molecule has 0 saturated carbocycles. The van der Waals surface area contributed by atoms with Crippen LogP contribution >= 0.6 is 0 Å². The number of nitrogens with two attached hydrogens (primary N) is 1. The van der Waals surface area contributed by atoms with E-state index in [2.05, 4.69) is 5.32 Å². The second-order valence-electron chi connectivity index (χ2n) is 4.23. The Kier molecular flexibility index (Phi) is 4.50. The van der Waals surface area contributed by atoms with Crippen LogP contribution in [-0.2, 0) is 0 Å². The first-order chi connectivity index (χ1) is 5.87. The molecule has 0 aromatic heterocycles. The van der Waals surface area contributed by atoms with Gasteiger partial charge in [0.2, 0.25) is 0 Å². The maximum absolute atomic E-state index is 8.52. The molecule has 0 bridgehead atoms. The van der Waals surface area contributed by atoms with Crippen LogP contribution in [0.15, 0.2) is 11.8 Å². The molecule has 0 radical (unpaired) electrons. The zero-order chi connectivity index (χ0) is 10.5. The summed E-state index contributed by atoms with van der Waals surface area (Å²) < 4.78 is 0. The molecule has 0 heterocycles. The Morgan fingerprint density at radius 2 is 2.15 bits per heavy atom. The average molecular weight is 181 g/mol. The molecule has 0 rings (SSSR count). The summed E-state index contributed by atoms with van der Waals surface area (Å²) in [7, 11) is 0. The maximum atomic E-state index is 8.52. The normalized spacial score (nSPS) is 12.8. The minimum atomic E-state index is -0.247. The molecule has 0 spiro atoms. The van der Waals surface area contributed by atoms with E-state index in [0.29, 0.717) is 12.5 Å². The molecule has 3 N–H and O–H groups in total. The Morgan fingerprint density at radius 3 is 2.46 bits per heavy atom. The maximum Gasteiger partial charge on any atom is 0.0930 e. The van der Waals surface area contributed by atoms with Gasteiger partial charge in [-0.05, 0) is 19.8 Å². The number of nitriles is 1. The van der Waals surface area contributed by atoms with Gasteiger partial charge in [-0.3, -0.25) is 0 Å². The van der Waals surface area contributed by atoms with Crippen LogP contribution in [0.5, 0.6) is 0 Å². The molecule has 3 heteroatoms. The Morgan fingerprint density at radius 1 is 1.62 bits per heavy atom. The van der Waals surface area contributed by atoms with Gasteiger partial charge in [-0.1, -0.05) is 13.8 Å². The van der Waals surface area contributed by atoms with Gasteiger partial charge in [0.25, 0.3) is 0 Å². The van der Waals surface area contributed by atoms with Crippen molar-refractivity contribution >= 4 is 0 Å². The summed E-state index contributed by atoms with van der Waals surface area (Å²) in [6.07, 6.45) is 1.54. The standard InChI is InChI=1S/C10H19N3/c1-8(2)9(5-6-11)13-7-10(3,4)12/h5,8,13H,7,12H2,1-4H3/b9-5-. The quantitative estimate of drug-likeness (QED) is 0.644. The molecule has 0 unspecified atom stereocenters. The van der Waals surface area contributed by atoms with Gasteiger partial charge in [0.05, 0.1) is 6.07 Å². The zero-order valence-corrected chi connectivity index (χ0v) is 8.89. The highest BCUT2D eigenvalue weighted by Gasteiger charge is 2.11. The summed E-state index contributed by atoms with van der Waals surface area (Å²) in [5.41, 5.74) is 6.51. The third-order valence-electron chi connectivity index (χ3n) is 1.59. The van der Waals surface area contributed by atoms with E-state index < -0.39 is 0 Å². The molecular formula is C10H19N3. The summed E-state index contributed by atoms with van der Waals surface area (Å²) in [5.74, 6) is 0.335. The van der Waals surface area contributed by atoms with E-state index >= 15 is 0 Å². The summed E-state index contributed by atoms with van der Waals surface area (Å²) in [4.78, 5) is 0. The van der Waals surface area contributed by atoms with Crippen molar-refractivity contribution in [1.29, 1.82) is 5.26 Å². The number of nitrogens with zero attached hydrogens (tertiary/aromatic N) is 1. The summed E-state index contributed by atoms with van der Waals surface area (Å²) >= 11 is 0. The Labute approximate surface area is 80.6 Å². The van der Waals surface area contributed by atoms with Crippen LogP contribution in [0.1, 0.15) is 27.7 Å². The molecule has 3 nitrogen and oxygen atoms in total. The summed E-state index contributed by atoms with van der Waals surface area (Å²) in [5, 5.41) is 11.7. The lowest BCUT2D eigenvalue weighted by molar-refractivity contribution is 0.476. The van der Waals surface area contributed by atoms with Crippen molar-refractivity contribution in [3.63, 3.8) is 0 Å². The average Bonchev–Trinajstić information content (AvgIpc) is 1.95. The van der Waals surface area contributed by atoms with Crippen LogP contribution in [-0.4, -0.2) is 12.1 Å². The molecule has 0 aromatic carbocycles. The minimum Gasteiger partial charge on any atom is -0.386 e. The van der Waals surface area contributed by atoms with Crippen molar-refractivity contribution in [1.82, 2.24) is 5.32 Å². The van der Waals surface area contributed by atoms with E-state index in [1.165, 1.54) is 6.08 Å². The molecule has 0 saturated heterocycles. The van der Waals surface area contributed by atoms with Crippen molar-refractivity contribution < 1.29 is 0 Å². The predicted octanol–water partition coefficient (Wildman–Crippen LogP) is 1.38. The first kappa shape index (κ1) is 12.0. The van der Waals surface area contributed by atoms with Gasteiger partial charge in [0, 0.05) is 23.9 Å². The lowest BCUT2D eigenvalue weighted by atomic mass is 10.1. The van der Waals surface area contributed by atoms with E-state index in [-0.39, 0.29) is 5.54 Å². The van der Waals surface area contributed by atoms with Crippen LogP contribution in [0, 0.1) is 17.2 Å². The van der Waals surface area contributed by atoms with Gasteiger partial charge in [-0.15, -0.1) is 0 Å². The first-order valence-corrected chi connectivity index (χ1v) is 4.49.